The summed E-state index contributed by atoms with van der Waals surface area (Å²) in [7, 11) is 1.80. The van der Waals surface area contributed by atoms with E-state index in [1.165, 1.54) is 0 Å². The second kappa shape index (κ2) is 6.57. The molecule has 0 aliphatic carbocycles. The molecule has 4 rings (SSSR count). The number of aryl methyl sites for hydroxylation is 2. The highest BCUT2D eigenvalue weighted by atomic mass is 31.1. The van der Waals surface area contributed by atoms with Gasteiger partial charge in [0, 0.05) is 19.3 Å². The highest BCUT2D eigenvalue weighted by Crippen LogP contribution is 2.26. The zero-order valence-corrected chi connectivity index (χ0v) is 15.1. The molecule has 0 saturated heterocycles. The molecule has 0 bridgehead atoms. The van der Waals surface area contributed by atoms with Gasteiger partial charge in [0.05, 0.1) is 22.1 Å². The molecule has 0 aliphatic rings. The minimum Gasteiger partial charge on any atom is -0.346 e. The zero-order chi connectivity index (χ0) is 18.1. The van der Waals surface area contributed by atoms with Gasteiger partial charge in [-0.2, -0.15) is 15.1 Å². The molecule has 3 N–H and O–H groups in total. The number of H-pyrrole nitrogens is 1. The Kier molecular flexibility index (Phi) is 4.10. The number of rotatable bonds is 5. The second-order valence-corrected chi connectivity index (χ2v) is 6.45. The Balaban J connectivity index is 1.75. The number of para-hydroxylation sites is 1. The summed E-state index contributed by atoms with van der Waals surface area (Å²) in [6.07, 6.45) is 1.81. The van der Waals surface area contributed by atoms with Crippen LogP contribution in [0, 0.1) is 6.92 Å². The Morgan fingerprint density at radius 2 is 2.00 bits per heavy atom. The van der Waals surface area contributed by atoms with Gasteiger partial charge >= 0.3 is 0 Å². The summed E-state index contributed by atoms with van der Waals surface area (Å²) in [6, 6.07) is 11.2. The molecule has 9 heteroatoms. The van der Waals surface area contributed by atoms with Crippen molar-refractivity contribution in [1.29, 1.82) is 0 Å². The van der Waals surface area contributed by atoms with Crippen LogP contribution < -0.4 is 15.9 Å². The molecule has 0 fully saturated rings. The maximum absolute atomic E-state index is 11.4. The number of fused-ring (bicyclic) bond motifs is 1. The fraction of sp³-hybridized carbons (Fsp3) is 0.118. The first-order valence-corrected chi connectivity index (χ1v) is 8.77. The fourth-order valence-corrected chi connectivity index (χ4v) is 3.10. The molecule has 0 amide bonds. The van der Waals surface area contributed by atoms with Crippen molar-refractivity contribution in [2.45, 2.75) is 6.92 Å². The molecule has 0 radical (unpaired) electrons. The molecule has 0 unspecified atom stereocenters. The van der Waals surface area contributed by atoms with E-state index in [-0.39, 0.29) is 8.46 Å². The van der Waals surface area contributed by atoms with E-state index < -0.39 is 0 Å². The van der Waals surface area contributed by atoms with Gasteiger partial charge in [-0.1, -0.05) is 12.1 Å². The predicted octanol–water partition coefficient (Wildman–Crippen LogP) is 3.40. The Labute approximate surface area is 150 Å². The van der Waals surface area contributed by atoms with Gasteiger partial charge in [0.15, 0.2) is 8.46 Å². The van der Waals surface area contributed by atoms with Gasteiger partial charge in [-0.05, 0) is 25.1 Å². The van der Waals surface area contributed by atoms with Crippen LogP contribution in [-0.2, 0) is 11.6 Å². The molecule has 3 heterocycles. The van der Waals surface area contributed by atoms with Crippen molar-refractivity contribution >= 4 is 48.1 Å². The number of nitrogens with one attached hydrogen (secondary N) is 3. The van der Waals surface area contributed by atoms with E-state index in [0.717, 1.165) is 22.6 Å². The van der Waals surface area contributed by atoms with E-state index in [1.807, 2.05) is 44.3 Å². The number of hydrogen-bond donors (Lipinski definition) is 3. The van der Waals surface area contributed by atoms with Crippen molar-refractivity contribution in [3.05, 3.63) is 48.3 Å². The van der Waals surface area contributed by atoms with Crippen LogP contribution in [-0.4, -0.2) is 24.7 Å². The van der Waals surface area contributed by atoms with Gasteiger partial charge < -0.3 is 15.6 Å². The molecule has 4 aromatic rings. The van der Waals surface area contributed by atoms with E-state index in [4.69, 9.17) is 0 Å². The van der Waals surface area contributed by atoms with Crippen molar-refractivity contribution in [3.63, 3.8) is 0 Å². The van der Waals surface area contributed by atoms with Crippen LogP contribution in [0.4, 0.5) is 23.3 Å². The number of hydrogen-bond acceptors (Lipinski definition) is 6. The average Bonchev–Trinajstić information content (AvgIpc) is 3.22. The first-order chi connectivity index (χ1) is 12.6. The minimum absolute atomic E-state index is 0.0535. The van der Waals surface area contributed by atoms with Crippen LogP contribution in [0.1, 0.15) is 5.69 Å². The summed E-state index contributed by atoms with van der Waals surface area (Å²) in [4.78, 5) is 12.2. The Morgan fingerprint density at radius 3 is 2.77 bits per heavy atom. The first kappa shape index (κ1) is 16.2. The molecular weight excluding hydrogens is 349 g/mol. The molecule has 1 aromatic carbocycles. The second-order valence-electron chi connectivity index (χ2n) is 5.79. The molecule has 8 nitrogen and oxygen atoms in total. The lowest BCUT2D eigenvalue weighted by Gasteiger charge is -2.11. The fourth-order valence-electron chi connectivity index (χ4n) is 2.72. The number of nitrogens with zero attached hydrogens (tertiary/aromatic N) is 4. The molecule has 0 spiro atoms. The summed E-state index contributed by atoms with van der Waals surface area (Å²) >= 11 is 0. The van der Waals surface area contributed by atoms with Crippen molar-refractivity contribution in [3.8, 4) is 0 Å². The van der Waals surface area contributed by atoms with Gasteiger partial charge in [0.25, 0.3) is 0 Å². The van der Waals surface area contributed by atoms with Gasteiger partial charge in [0.2, 0.25) is 5.95 Å². The maximum atomic E-state index is 11.4. The van der Waals surface area contributed by atoms with Crippen LogP contribution >= 0.6 is 8.46 Å². The van der Waals surface area contributed by atoms with Gasteiger partial charge in [0.1, 0.15) is 17.3 Å². The van der Waals surface area contributed by atoms with E-state index in [9.17, 15) is 4.57 Å². The molecule has 26 heavy (non-hydrogen) atoms. The van der Waals surface area contributed by atoms with Crippen molar-refractivity contribution in [2.24, 2.45) is 7.05 Å². The number of aromatic amines is 1. The van der Waals surface area contributed by atoms with Crippen LogP contribution in [0.25, 0.3) is 11.0 Å². The SMILES string of the molecule is Cc1cc(Nc2nc(Nc3ccccc3P=O)c3cc[nH]c3n2)n(C)n1. The standard InChI is InChI=1S/C17H16N7OP/c1-10-9-14(24(2)23-10)20-17-21-15-11(7-8-18-15)16(22-17)19-12-5-3-4-6-13(12)26-25/h3-9H,1-2H3,(H3,18,19,20,21,22). The number of anilines is 4. The molecule has 0 saturated carbocycles. The van der Waals surface area contributed by atoms with Crippen molar-refractivity contribution in [2.75, 3.05) is 10.6 Å². The molecule has 0 atom stereocenters. The first-order valence-electron chi connectivity index (χ1n) is 7.96. The summed E-state index contributed by atoms with van der Waals surface area (Å²) in [6.45, 7) is 1.92. The Morgan fingerprint density at radius 1 is 1.15 bits per heavy atom. The normalized spacial score (nSPS) is 11.2. The lowest BCUT2D eigenvalue weighted by atomic mass is 10.3. The third-order valence-corrected chi connectivity index (χ3v) is 4.50. The summed E-state index contributed by atoms with van der Waals surface area (Å²) in [5.74, 6) is 1.84. The van der Waals surface area contributed by atoms with Crippen LogP contribution in [0.2, 0.25) is 0 Å². The monoisotopic (exact) mass is 365 g/mol. The third-order valence-electron chi connectivity index (χ3n) is 3.91. The lowest BCUT2D eigenvalue weighted by molar-refractivity contribution is 0.603. The summed E-state index contributed by atoms with van der Waals surface area (Å²) < 4.78 is 13.1. The smallest absolute Gasteiger partial charge is 0.232 e. The molecule has 3 aromatic heterocycles. The van der Waals surface area contributed by atoms with Gasteiger partial charge in [-0.25, -0.2) is 0 Å². The predicted molar refractivity (Wildman–Crippen MR) is 102 cm³/mol. The van der Waals surface area contributed by atoms with Gasteiger partial charge in [-0.15, -0.1) is 0 Å². The van der Waals surface area contributed by atoms with E-state index in [2.05, 4.69) is 30.7 Å². The maximum Gasteiger partial charge on any atom is 0.232 e. The van der Waals surface area contributed by atoms with E-state index >= 15 is 0 Å². The highest BCUT2D eigenvalue weighted by Gasteiger charge is 2.12. The molecule has 130 valence electrons. The average molecular weight is 365 g/mol. The molecular formula is C17H16N7OP. The highest BCUT2D eigenvalue weighted by molar-refractivity contribution is 7.34. The van der Waals surface area contributed by atoms with Crippen LogP contribution in [0.3, 0.4) is 0 Å². The number of aromatic nitrogens is 5. The van der Waals surface area contributed by atoms with Crippen molar-refractivity contribution in [1.82, 2.24) is 24.7 Å². The largest absolute Gasteiger partial charge is 0.346 e. The Hall–Kier alpha value is -3.25. The minimum atomic E-state index is -0.0535. The van der Waals surface area contributed by atoms with Crippen molar-refractivity contribution < 1.29 is 4.57 Å². The van der Waals surface area contributed by atoms with E-state index in [1.54, 1.807) is 16.9 Å². The Bertz CT molecular complexity index is 1100. The van der Waals surface area contributed by atoms with Crippen LogP contribution in [0.5, 0.6) is 0 Å². The topological polar surface area (TPSA) is 101 Å². The number of benzene rings is 1. The van der Waals surface area contributed by atoms with E-state index in [0.29, 0.717) is 22.7 Å². The quantitative estimate of drug-likeness (QED) is 0.469. The zero-order valence-electron chi connectivity index (χ0n) is 14.2. The summed E-state index contributed by atoms with van der Waals surface area (Å²) in [5, 5.41) is 12.3. The molecule has 0 aliphatic heterocycles. The third kappa shape index (κ3) is 3.02. The van der Waals surface area contributed by atoms with Gasteiger partial charge in [-0.3, -0.25) is 9.25 Å². The van der Waals surface area contributed by atoms with Crippen LogP contribution in [0.15, 0.2) is 42.6 Å². The summed E-state index contributed by atoms with van der Waals surface area (Å²) in [5.41, 5.74) is 2.33. The lowest BCUT2D eigenvalue weighted by Crippen LogP contribution is -2.07.